The number of carbonyl (C=O) groups excluding carboxylic acids is 3. The highest BCUT2D eigenvalue weighted by atomic mass is 16.5. The number of amides is 2. The van der Waals surface area contributed by atoms with E-state index in [-0.39, 0.29) is 18.4 Å². The van der Waals surface area contributed by atoms with Crippen LogP contribution in [0.1, 0.15) is 73.1 Å². The van der Waals surface area contributed by atoms with Gasteiger partial charge in [-0.05, 0) is 49.9 Å². The smallest absolute Gasteiger partial charge is 0.329 e. The van der Waals surface area contributed by atoms with Crippen LogP contribution in [-0.4, -0.2) is 35.1 Å². The van der Waals surface area contributed by atoms with E-state index in [1.807, 2.05) is 34.6 Å². The fraction of sp³-hybridized carbons (Fsp3) is 0.773. The van der Waals surface area contributed by atoms with Crippen molar-refractivity contribution >= 4 is 17.8 Å². The van der Waals surface area contributed by atoms with E-state index in [0.717, 1.165) is 25.7 Å². The average Bonchev–Trinajstić information content (AvgIpc) is 3.13. The van der Waals surface area contributed by atoms with Crippen LogP contribution in [0.25, 0.3) is 0 Å². The third-order valence-electron chi connectivity index (χ3n) is 5.39. The van der Waals surface area contributed by atoms with Crippen molar-refractivity contribution in [1.29, 1.82) is 0 Å². The number of carbonyl (C=O) groups is 3. The van der Waals surface area contributed by atoms with Crippen LogP contribution < -0.4 is 10.8 Å². The molecule has 0 aromatic carbocycles. The van der Waals surface area contributed by atoms with Crippen LogP contribution >= 0.6 is 0 Å². The van der Waals surface area contributed by atoms with Crippen molar-refractivity contribution < 1.29 is 24.3 Å². The molecule has 7 nitrogen and oxygen atoms in total. The summed E-state index contributed by atoms with van der Waals surface area (Å²) >= 11 is 0. The molecule has 1 aliphatic rings. The molecule has 0 spiro atoms. The van der Waals surface area contributed by atoms with Crippen molar-refractivity contribution in [2.24, 2.45) is 23.2 Å². The first-order chi connectivity index (χ1) is 13.5. The summed E-state index contributed by atoms with van der Waals surface area (Å²) in [6.07, 6.45) is 5.92. The number of nitrogens with one attached hydrogen (secondary N) is 2. The molecule has 1 unspecified atom stereocenters. The first-order valence-corrected chi connectivity index (χ1v) is 10.6. The van der Waals surface area contributed by atoms with Gasteiger partial charge in [-0.25, -0.2) is 10.3 Å². The predicted octanol–water partition coefficient (Wildman–Crippen LogP) is 3.36. The van der Waals surface area contributed by atoms with Gasteiger partial charge in [0.15, 0.2) is 0 Å². The molecule has 2 amide bonds. The second-order valence-electron chi connectivity index (χ2n) is 9.49. The molecule has 0 aliphatic heterocycles. The first-order valence-electron chi connectivity index (χ1n) is 10.6. The lowest BCUT2D eigenvalue weighted by Crippen LogP contribution is -2.53. The quantitative estimate of drug-likeness (QED) is 0.222. The SMILES string of the molecule is C=CC[C@H](C(=O)NO)[C@@H](CC(C)C)C(=O)NC(C(=O)OC1CCCC1)C(C)(C)C. The second-order valence-corrected chi connectivity index (χ2v) is 9.49. The minimum absolute atomic E-state index is 0.0932. The van der Waals surface area contributed by atoms with Crippen molar-refractivity contribution in [3.63, 3.8) is 0 Å². The van der Waals surface area contributed by atoms with Crippen LogP contribution in [0.15, 0.2) is 12.7 Å². The zero-order valence-corrected chi connectivity index (χ0v) is 18.5. The molecule has 1 aliphatic carbocycles. The summed E-state index contributed by atoms with van der Waals surface area (Å²) in [5.41, 5.74) is 1.10. The molecule has 0 aromatic rings. The molecular weight excluding hydrogens is 372 g/mol. The number of ether oxygens (including phenoxy) is 1. The van der Waals surface area contributed by atoms with Crippen LogP contribution in [-0.2, 0) is 19.1 Å². The van der Waals surface area contributed by atoms with Gasteiger partial charge < -0.3 is 10.1 Å². The zero-order chi connectivity index (χ0) is 22.2. The van der Waals surface area contributed by atoms with E-state index in [1.165, 1.54) is 0 Å². The molecule has 0 saturated heterocycles. The van der Waals surface area contributed by atoms with Crippen molar-refractivity contribution in [1.82, 2.24) is 10.8 Å². The van der Waals surface area contributed by atoms with E-state index in [2.05, 4.69) is 11.9 Å². The molecule has 0 heterocycles. The van der Waals surface area contributed by atoms with Gasteiger partial charge in [0, 0.05) is 0 Å². The summed E-state index contributed by atoms with van der Waals surface area (Å²) < 4.78 is 5.65. The molecule has 1 saturated carbocycles. The molecule has 0 radical (unpaired) electrons. The Labute approximate surface area is 174 Å². The van der Waals surface area contributed by atoms with Gasteiger partial charge in [0.2, 0.25) is 11.8 Å². The van der Waals surface area contributed by atoms with Gasteiger partial charge >= 0.3 is 5.97 Å². The van der Waals surface area contributed by atoms with Crippen molar-refractivity contribution in [3.05, 3.63) is 12.7 Å². The van der Waals surface area contributed by atoms with E-state index in [4.69, 9.17) is 9.94 Å². The van der Waals surface area contributed by atoms with Crippen molar-refractivity contribution in [2.75, 3.05) is 0 Å². The molecule has 3 atom stereocenters. The lowest BCUT2D eigenvalue weighted by molar-refractivity contribution is -0.156. The van der Waals surface area contributed by atoms with Gasteiger partial charge in [0.1, 0.15) is 12.1 Å². The van der Waals surface area contributed by atoms with Crippen molar-refractivity contribution in [2.45, 2.75) is 85.3 Å². The maximum atomic E-state index is 13.2. The summed E-state index contributed by atoms with van der Waals surface area (Å²) in [6.45, 7) is 13.2. The molecule has 0 bridgehead atoms. The van der Waals surface area contributed by atoms with E-state index in [9.17, 15) is 14.4 Å². The lowest BCUT2D eigenvalue weighted by atomic mass is 9.80. The maximum Gasteiger partial charge on any atom is 0.329 e. The van der Waals surface area contributed by atoms with Gasteiger partial charge in [-0.1, -0.05) is 40.7 Å². The van der Waals surface area contributed by atoms with Crippen molar-refractivity contribution in [3.8, 4) is 0 Å². The number of hydroxylamine groups is 1. The van der Waals surface area contributed by atoms with Crippen LogP contribution in [0.2, 0.25) is 0 Å². The third-order valence-corrected chi connectivity index (χ3v) is 5.39. The third kappa shape index (κ3) is 7.80. The fourth-order valence-electron chi connectivity index (χ4n) is 3.80. The first kappa shape index (κ1) is 25.1. The Kier molecular flexibility index (Phi) is 9.83. The minimum atomic E-state index is -0.827. The number of allylic oxidation sites excluding steroid dienone is 1. The standard InChI is InChI=1S/C22H38N2O5/c1-7-10-16(20(26)24-28)17(13-14(2)3)19(25)23-18(22(4,5)6)21(27)29-15-11-8-9-12-15/h7,14-18,28H,1,8-13H2,2-6H3,(H,23,25)(H,24,26)/t16-,17+,18?/m0/s1. The Morgan fingerprint density at radius 2 is 1.72 bits per heavy atom. The van der Waals surface area contributed by atoms with Gasteiger partial charge in [0.25, 0.3) is 0 Å². The second kappa shape index (κ2) is 11.3. The predicted molar refractivity (Wildman–Crippen MR) is 111 cm³/mol. The monoisotopic (exact) mass is 410 g/mol. The lowest BCUT2D eigenvalue weighted by Gasteiger charge is -2.33. The highest BCUT2D eigenvalue weighted by Gasteiger charge is 2.40. The number of hydrogen-bond donors (Lipinski definition) is 3. The molecular formula is C22H38N2O5. The highest BCUT2D eigenvalue weighted by Crippen LogP contribution is 2.28. The molecule has 1 rings (SSSR count). The molecule has 166 valence electrons. The molecule has 3 N–H and O–H groups in total. The fourth-order valence-corrected chi connectivity index (χ4v) is 3.80. The number of hydrogen-bond acceptors (Lipinski definition) is 5. The van der Waals surface area contributed by atoms with Gasteiger partial charge in [0.05, 0.1) is 11.8 Å². The molecule has 0 aromatic heterocycles. The van der Waals surface area contributed by atoms with Gasteiger partial charge in [-0.3, -0.25) is 14.8 Å². The Morgan fingerprint density at radius 1 is 1.14 bits per heavy atom. The Bertz CT molecular complexity index is 576. The Hall–Kier alpha value is -1.89. The zero-order valence-electron chi connectivity index (χ0n) is 18.5. The summed E-state index contributed by atoms with van der Waals surface area (Å²) in [5, 5.41) is 12.0. The normalized spacial score (nSPS) is 18.0. The summed E-state index contributed by atoms with van der Waals surface area (Å²) in [4.78, 5) is 38.2. The van der Waals surface area contributed by atoms with Gasteiger partial charge in [-0.15, -0.1) is 6.58 Å². The van der Waals surface area contributed by atoms with Gasteiger partial charge in [-0.2, -0.15) is 0 Å². The van der Waals surface area contributed by atoms with Crippen LogP contribution in [0.3, 0.4) is 0 Å². The maximum absolute atomic E-state index is 13.2. The summed E-state index contributed by atoms with van der Waals surface area (Å²) in [5.74, 6) is -2.80. The number of rotatable bonds is 10. The topological polar surface area (TPSA) is 105 Å². The van der Waals surface area contributed by atoms with Crippen LogP contribution in [0.5, 0.6) is 0 Å². The average molecular weight is 411 g/mol. The van der Waals surface area contributed by atoms with E-state index < -0.39 is 41.1 Å². The minimum Gasteiger partial charge on any atom is -0.461 e. The molecule has 7 heteroatoms. The van der Waals surface area contributed by atoms with E-state index >= 15 is 0 Å². The van der Waals surface area contributed by atoms with E-state index in [1.54, 1.807) is 11.6 Å². The largest absolute Gasteiger partial charge is 0.461 e. The molecule has 1 fully saturated rings. The molecule has 29 heavy (non-hydrogen) atoms. The Balaban J connectivity index is 3.05. The summed E-state index contributed by atoms with van der Waals surface area (Å²) in [7, 11) is 0. The summed E-state index contributed by atoms with van der Waals surface area (Å²) in [6, 6.07) is -0.827. The van der Waals surface area contributed by atoms with Crippen LogP contribution in [0, 0.1) is 23.2 Å². The number of esters is 1. The highest BCUT2D eigenvalue weighted by molar-refractivity contribution is 5.90. The Morgan fingerprint density at radius 3 is 2.17 bits per heavy atom. The van der Waals surface area contributed by atoms with E-state index in [0.29, 0.717) is 6.42 Å². The van der Waals surface area contributed by atoms with Crippen LogP contribution in [0.4, 0.5) is 0 Å².